The standard InChI is InChI=1S/C19H19F3N2O4/c1-2-28-18(27)15(16(25)19(20,21)22)24-17(26)13-5-3-11(4-6-13)12-7-9-14(23)10-8-12/h3-10,15-16,25H,2,23H2,1H3,(H,24,26)/t15-,16-/m0/s1. The molecule has 0 spiro atoms. The number of anilines is 1. The van der Waals surface area contributed by atoms with Crippen LogP contribution in [0.2, 0.25) is 0 Å². The van der Waals surface area contributed by atoms with Crippen LogP contribution in [0.15, 0.2) is 48.5 Å². The number of hydrogen-bond acceptors (Lipinski definition) is 5. The first-order chi connectivity index (χ1) is 13.1. The van der Waals surface area contributed by atoms with Crippen LogP contribution in [0.3, 0.4) is 0 Å². The molecule has 0 heterocycles. The molecule has 1 amide bonds. The molecule has 2 rings (SSSR count). The summed E-state index contributed by atoms with van der Waals surface area (Å²) in [4.78, 5) is 24.0. The average molecular weight is 396 g/mol. The molecule has 0 fully saturated rings. The maximum absolute atomic E-state index is 12.8. The molecule has 0 bridgehead atoms. The summed E-state index contributed by atoms with van der Waals surface area (Å²) in [7, 11) is 0. The Bertz CT molecular complexity index is 821. The first-order valence-corrected chi connectivity index (χ1v) is 8.31. The summed E-state index contributed by atoms with van der Waals surface area (Å²) in [6.45, 7) is 1.19. The van der Waals surface area contributed by atoms with Crippen molar-refractivity contribution in [3.63, 3.8) is 0 Å². The van der Waals surface area contributed by atoms with Crippen LogP contribution in [-0.2, 0) is 9.53 Å². The molecule has 0 saturated heterocycles. The summed E-state index contributed by atoms with van der Waals surface area (Å²) < 4.78 is 42.9. The Labute approximate surface area is 159 Å². The number of carbonyl (C=O) groups excluding carboxylic acids is 2. The van der Waals surface area contributed by atoms with E-state index in [1.54, 1.807) is 36.4 Å². The van der Waals surface area contributed by atoms with Gasteiger partial charge in [0.25, 0.3) is 5.91 Å². The van der Waals surface area contributed by atoms with Gasteiger partial charge in [-0.3, -0.25) is 4.79 Å². The highest BCUT2D eigenvalue weighted by Crippen LogP contribution is 2.24. The molecule has 0 radical (unpaired) electrons. The zero-order valence-corrected chi connectivity index (χ0v) is 14.9. The van der Waals surface area contributed by atoms with Crippen LogP contribution in [0.25, 0.3) is 11.1 Å². The van der Waals surface area contributed by atoms with Crippen LogP contribution >= 0.6 is 0 Å². The third-order valence-electron chi connectivity index (χ3n) is 3.87. The van der Waals surface area contributed by atoms with Crippen molar-refractivity contribution in [2.45, 2.75) is 25.2 Å². The largest absolute Gasteiger partial charge is 0.464 e. The van der Waals surface area contributed by atoms with Gasteiger partial charge in [0.2, 0.25) is 0 Å². The Morgan fingerprint density at radius 1 is 1.07 bits per heavy atom. The maximum Gasteiger partial charge on any atom is 0.416 e. The fourth-order valence-corrected chi connectivity index (χ4v) is 2.40. The Morgan fingerprint density at radius 2 is 1.57 bits per heavy atom. The summed E-state index contributed by atoms with van der Waals surface area (Å²) in [5, 5.41) is 11.3. The normalized spacial score (nSPS) is 13.5. The van der Waals surface area contributed by atoms with Crippen LogP contribution in [0.1, 0.15) is 17.3 Å². The van der Waals surface area contributed by atoms with Crippen LogP contribution in [0.5, 0.6) is 0 Å². The fourth-order valence-electron chi connectivity index (χ4n) is 2.40. The number of nitrogen functional groups attached to an aromatic ring is 1. The zero-order chi connectivity index (χ0) is 20.9. The number of aliphatic hydroxyl groups excluding tert-OH is 1. The van der Waals surface area contributed by atoms with E-state index in [0.29, 0.717) is 5.69 Å². The number of aliphatic hydroxyl groups is 1. The Hall–Kier alpha value is -3.07. The summed E-state index contributed by atoms with van der Waals surface area (Å²) in [5.41, 5.74) is 7.82. The van der Waals surface area contributed by atoms with Gasteiger partial charge in [0.15, 0.2) is 12.1 Å². The molecule has 0 aliphatic carbocycles. The van der Waals surface area contributed by atoms with Crippen molar-refractivity contribution in [1.82, 2.24) is 5.32 Å². The topological polar surface area (TPSA) is 102 Å². The Kier molecular flexibility index (Phi) is 6.63. The Balaban J connectivity index is 2.18. The van der Waals surface area contributed by atoms with Gasteiger partial charge in [0.1, 0.15) is 0 Å². The number of amides is 1. The van der Waals surface area contributed by atoms with Gasteiger partial charge in [-0.25, -0.2) is 4.79 Å². The molecule has 4 N–H and O–H groups in total. The van der Waals surface area contributed by atoms with Gasteiger partial charge in [0, 0.05) is 11.3 Å². The number of benzene rings is 2. The summed E-state index contributed by atoms with van der Waals surface area (Å²) >= 11 is 0. The molecule has 150 valence electrons. The second-order valence-electron chi connectivity index (χ2n) is 5.89. The second-order valence-corrected chi connectivity index (χ2v) is 5.89. The first-order valence-electron chi connectivity index (χ1n) is 8.31. The number of rotatable bonds is 6. The van der Waals surface area contributed by atoms with E-state index in [-0.39, 0.29) is 12.2 Å². The van der Waals surface area contributed by atoms with Crippen LogP contribution in [0.4, 0.5) is 18.9 Å². The fraction of sp³-hybridized carbons (Fsp3) is 0.263. The molecule has 0 unspecified atom stereocenters. The SMILES string of the molecule is CCOC(=O)[C@@H](NC(=O)c1ccc(-c2ccc(N)cc2)cc1)[C@H](O)C(F)(F)F. The van der Waals surface area contributed by atoms with Crippen molar-refractivity contribution in [3.8, 4) is 11.1 Å². The predicted octanol–water partition coefficient (Wildman–Crippen LogP) is 2.52. The molecule has 2 aromatic carbocycles. The van der Waals surface area contributed by atoms with Gasteiger partial charge < -0.3 is 20.9 Å². The van der Waals surface area contributed by atoms with Crippen molar-refractivity contribution in [2.75, 3.05) is 12.3 Å². The lowest BCUT2D eigenvalue weighted by atomic mass is 10.0. The first kappa shape index (κ1) is 21.2. The number of alkyl halides is 3. The van der Waals surface area contributed by atoms with Crippen molar-refractivity contribution in [3.05, 3.63) is 54.1 Å². The maximum atomic E-state index is 12.8. The van der Waals surface area contributed by atoms with Gasteiger partial charge in [-0.2, -0.15) is 13.2 Å². The highest BCUT2D eigenvalue weighted by Gasteiger charge is 2.48. The van der Waals surface area contributed by atoms with E-state index in [4.69, 9.17) is 5.73 Å². The monoisotopic (exact) mass is 396 g/mol. The minimum Gasteiger partial charge on any atom is -0.464 e. The number of ether oxygens (including phenoxy) is 1. The van der Waals surface area contributed by atoms with Crippen molar-refractivity contribution >= 4 is 17.6 Å². The molecule has 0 aliphatic rings. The number of halogens is 3. The highest BCUT2D eigenvalue weighted by molar-refractivity contribution is 5.97. The van der Waals surface area contributed by atoms with Gasteiger partial charge in [-0.15, -0.1) is 0 Å². The van der Waals surface area contributed by atoms with E-state index in [9.17, 15) is 27.9 Å². The third-order valence-corrected chi connectivity index (χ3v) is 3.87. The number of hydrogen-bond donors (Lipinski definition) is 3. The van der Waals surface area contributed by atoms with Gasteiger partial charge in [-0.1, -0.05) is 24.3 Å². The minimum absolute atomic E-state index is 0.0165. The smallest absolute Gasteiger partial charge is 0.416 e. The molecule has 0 aliphatic heterocycles. The number of carbonyl (C=O) groups is 2. The van der Waals surface area contributed by atoms with Crippen molar-refractivity contribution in [2.24, 2.45) is 0 Å². The molecule has 6 nitrogen and oxygen atoms in total. The third kappa shape index (κ3) is 5.23. The summed E-state index contributed by atoms with van der Waals surface area (Å²) in [6, 6.07) is 10.7. The van der Waals surface area contributed by atoms with Crippen LogP contribution < -0.4 is 11.1 Å². The number of esters is 1. The predicted molar refractivity (Wildman–Crippen MR) is 96.2 cm³/mol. The molecule has 0 saturated carbocycles. The summed E-state index contributed by atoms with van der Waals surface area (Å²) in [6.07, 6.45) is -8.20. The van der Waals surface area contributed by atoms with E-state index in [0.717, 1.165) is 11.1 Å². The molecule has 2 aromatic rings. The lowest BCUT2D eigenvalue weighted by molar-refractivity contribution is -0.215. The second kappa shape index (κ2) is 8.75. The van der Waals surface area contributed by atoms with Gasteiger partial charge in [0.05, 0.1) is 6.61 Å². The average Bonchev–Trinajstić information content (AvgIpc) is 2.65. The van der Waals surface area contributed by atoms with Crippen molar-refractivity contribution < 1.29 is 32.6 Å². The molecule has 9 heteroatoms. The minimum atomic E-state index is -5.11. The lowest BCUT2D eigenvalue weighted by Crippen LogP contribution is -2.54. The molecule has 0 aromatic heterocycles. The lowest BCUT2D eigenvalue weighted by Gasteiger charge is -2.24. The quantitative estimate of drug-likeness (QED) is 0.515. The zero-order valence-electron chi connectivity index (χ0n) is 14.9. The molecular weight excluding hydrogens is 377 g/mol. The van der Waals surface area contributed by atoms with Gasteiger partial charge >= 0.3 is 12.1 Å². The summed E-state index contributed by atoms with van der Waals surface area (Å²) in [5.74, 6) is -2.33. The van der Waals surface area contributed by atoms with E-state index >= 15 is 0 Å². The van der Waals surface area contributed by atoms with Crippen LogP contribution in [0, 0.1) is 0 Å². The molecule has 28 heavy (non-hydrogen) atoms. The van der Waals surface area contributed by atoms with Crippen LogP contribution in [-0.4, -0.2) is 41.9 Å². The number of nitrogens with one attached hydrogen (secondary N) is 1. The highest BCUT2D eigenvalue weighted by atomic mass is 19.4. The number of nitrogens with two attached hydrogens (primary N) is 1. The molecular formula is C19H19F3N2O4. The molecule has 2 atom stereocenters. The van der Waals surface area contributed by atoms with E-state index in [1.165, 1.54) is 19.1 Å². The van der Waals surface area contributed by atoms with Crippen molar-refractivity contribution in [1.29, 1.82) is 0 Å². The van der Waals surface area contributed by atoms with Gasteiger partial charge in [-0.05, 0) is 42.3 Å². The van der Waals surface area contributed by atoms with E-state index < -0.39 is 30.2 Å². The Morgan fingerprint density at radius 3 is 2.04 bits per heavy atom. The van der Waals surface area contributed by atoms with E-state index in [1.807, 2.05) is 5.32 Å². The van der Waals surface area contributed by atoms with E-state index in [2.05, 4.69) is 4.74 Å².